The Morgan fingerprint density at radius 1 is 1.17 bits per heavy atom. The summed E-state index contributed by atoms with van der Waals surface area (Å²) in [7, 11) is -3.46. The predicted octanol–water partition coefficient (Wildman–Crippen LogP) is 0.857. The van der Waals surface area contributed by atoms with E-state index in [4.69, 9.17) is 0 Å². The Kier molecular flexibility index (Phi) is 4.99. The second-order valence-corrected chi connectivity index (χ2v) is 8.04. The number of amides is 1. The number of sulfonamides is 1. The smallest absolute Gasteiger partial charge is 0.251 e. The maximum atomic E-state index is 12.1. The van der Waals surface area contributed by atoms with Crippen molar-refractivity contribution in [2.75, 3.05) is 19.6 Å². The summed E-state index contributed by atoms with van der Waals surface area (Å²) < 4.78 is 26.8. The van der Waals surface area contributed by atoms with Crippen LogP contribution in [0.4, 0.5) is 0 Å². The van der Waals surface area contributed by atoms with Gasteiger partial charge in [0.1, 0.15) is 0 Å². The van der Waals surface area contributed by atoms with E-state index in [0.717, 1.165) is 38.8 Å². The minimum Gasteiger partial charge on any atom is -0.352 e. The Bertz CT molecular complexity index is 648. The van der Waals surface area contributed by atoms with Crippen LogP contribution in [0.5, 0.6) is 0 Å². The fourth-order valence-corrected chi connectivity index (χ4v) is 4.03. The molecule has 1 aliphatic carbocycles. The molecule has 1 heterocycles. The molecule has 7 heteroatoms. The van der Waals surface area contributed by atoms with E-state index in [9.17, 15) is 13.2 Å². The number of carbonyl (C=O) groups is 1. The molecule has 1 unspecified atom stereocenters. The van der Waals surface area contributed by atoms with E-state index in [-0.39, 0.29) is 16.8 Å². The van der Waals surface area contributed by atoms with E-state index in [1.165, 1.54) is 12.1 Å². The van der Waals surface area contributed by atoms with E-state index in [0.29, 0.717) is 18.0 Å². The van der Waals surface area contributed by atoms with Gasteiger partial charge in [-0.3, -0.25) is 4.79 Å². The first kappa shape index (κ1) is 16.4. The van der Waals surface area contributed by atoms with Crippen LogP contribution in [-0.2, 0) is 10.0 Å². The summed E-state index contributed by atoms with van der Waals surface area (Å²) in [5.74, 6) is 0.478. The molecule has 0 bridgehead atoms. The zero-order valence-corrected chi connectivity index (χ0v) is 13.9. The van der Waals surface area contributed by atoms with Crippen LogP contribution < -0.4 is 15.4 Å². The van der Waals surface area contributed by atoms with Gasteiger partial charge in [0.05, 0.1) is 4.90 Å². The first-order valence-corrected chi connectivity index (χ1v) is 9.64. The molecule has 2 aliphatic rings. The van der Waals surface area contributed by atoms with Gasteiger partial charge in [-0.1, -0.05) is 0 Å². The van der Waals surface area contributed by atoms with Crippen molar-refractivity contribution >= 4 is 15.9 Å². The summed E-state index contributed by atoms with van der Waals surface area (Å²) >= 11 is 0. The average molecular weight is 337 g/mol. The highest BCUT2D eigenvalue weighted by Gasteiger charge is 2.27. The van der Waals surface area contributed by atoms with Gasteiger partial charge in [0, 0.05) is 18.2 Å². The Balaban J connectivity index is 1.52. The van der Waals surface area contributed by atoms with Crippen LogP contribution in [0.2, 0.25) is 0 Å². The van der Waals surface area contributed by atoms with E-state index in [2.05, 4.69) is 15.4 Å². The average Bonchev–Trinajstić information content (AvgIpc) is 3.18. The van der Waals surface area contributed by atoms with Gasteiger partial charge in [-0.15, -0.1) is 0 Å². The minimum atomic E-state index is -3.46. The van der Waals surface area contributed by atoms with Crippen LogP contribution in [0.1, 0.15) is 36.0 Å². The first-order valence-electron chi connectivity index (χ1n) is 8.16. The van der Waals surface area contributed by atoms with Gasteiger partial charge in [0.25, 0.3) is 5.91 Å². The molecule has 126 valence electrons. The number of nitrogens with one attached hydrogen (secondary N) is 3. The van der Waals surface area contributed by atoms with Gasteiger partial charge in [-0.2, -0.15) is 0 Å². The lowest BCUT2D eigenvalue weighted by atomic mass is 10.1. The van der Waals surface area contributed by atoms with E-state index >= 15 is 0 Å². The molecule has 3 N–H and O–H groups in total. The molecule has 1 aromatic rings. The lowest BCUT2D eigenvalue weighted by molar-refractivity contribution is 0.0951. The lowest BCUT2D eigenvalue weighted by Crippen LogP contribution is -2.27. The molecule has 1 aromatic carbocycles. The molecule has 0 spiro atoms. The van der Waals surface area contributed by atoms with E-state index in [1.807, 2.05) is 0 Å². The molecule has 2 fully saturated rings. The molecule has 1 saturated heterocycles. The topological polar surface area (TPSA) is 87.3 Å². The Hall–Kier alpha value is -1.44. The molecule has 1 saturated carbocycles. The molecule has 1 aliphatic heterocycles. The molecule has 3 rings (SSSR count). The second kappa shape index (κ2) is 6.98. The zero-order chi connectivity index (χ0) is 16.3. The molecule has 6 nitrogen and oxygen atoms in total. The van der Waals surface area contributed by atoms with Gasteiger partial charge in [0.15, 0.2) is 0 Å². The summed E-state index contributed by atoms with van der Waals surface area (Å²) in [6.45, 7) is 2.73. The summed E-state index contributed by atoms with van der Waals surface area (Å²) in [6, 6.07) is 6.18. The minimum absolute atomic E-state index is 0.0769. The maximum Gasteiger partial charge on any atom is 0.251 e. The third-order valence-corrected chi connectivity index (χ3v) is 5.86. The van der Waals surface area contributed by atoms with Crippen molar-refractivity contribution in [1.29, 1.82) is 0 Å². The normalized spacial score (nSPS) is 21.3. The lowest BCUT2D eigenvalue weighted by Gasteiger charge is -2.10. The van der Waals surface area contributed by atoms with Crippen molar-refractivity contribution in [2.45, 2.75) is 36.6 Å². The fraction of sp³-hybridized carbons (Fsp3) is 0.562. The van der Waals surface area contributed by atoms with Gasteiger partial charge >= 0.3 is 0 Å². The molecule has 0 aromatic heterocycles. The number of carbonyl (C=O) groups excluding carboxylic acids is 1. The number of benzene rings is 1. The van der Waals surface area contributed by atoms with Crippen LogP contribution in [0.15, 0.2) is 29.2 Å². The molecular weight excluding hydrogens is 314 g/mol. The Morgan fingerprint density at radius 3 is 2.52 bits per heavy atom. The van der Waals surface area contributed by atoms with Crippen molar-refractivity contribution in [3.8, 4) is 0 Å². The number of hydrogen-bond acceptors (Lipinski definition) is 4. The summed E-state index contributed by atoms with van der Waals surface area (Å²) in [5.41, 5.74) is 0.486. The standard InChI is InChI=1S/C16H23N3O3S/c20-16(18-10-8-12-7-9-17-11-12)13-1-5-15(6-2-13)23(21,22)19-14-3-4-14/h1-2,5-6,12,14,17,19H,3-4,7-11H2,(H,18,20). The van der Waals surface area contributed by atoms with Crippen molar-refractivity contribution in [2.24, 2.45) is 5.92 Å². The molecule has 1 amide bonds. The van der Waals surface area contributed by atoms with E-state index in [1.54, 1.807) is 12.1 Å². The zero-order valence-electron chi connectivity index (χ0n) is 13.0. The van der Waals surface area contributed by atoms with Crippen molar-refractivity contribution in [3.05, 3.63) is 29.8 Å². The quantitative estimate of drug-likeness (QED) is 0.689. The fourth-order valence-electron chi connectivity index (χ4n) is 2.73. The van der Waals surface area contributed by atoms with Crippen LogP contribution in [0, 0.1) is 5.92 Å². The van der Waals surface area contributed by atoms with Gasteiger partial charge in [-0.25, -0.2) is 13.1 Å². The summed E-state index contributed by atoms with van der Waals surface area (Å²) in [4.78, 5) is 12.3. The SMILES string of the molecule is O=C(NCCC1CCNC1)c1ccc(S(=O)(=O)NC2CC2)cc1. The highest BCUT2D eigenvalue weighted by Crippen LogP contribution is 2.22. The largest absolute Gasteiger partial charge is 0.352 e. The Morgan fingerprint density at radius 2 is 1.91 bits per heavy atom. The van der Waals surface area contributed by atoms with Crippen molar-refractivity contribution < 1.29 is 13.2 Å². The van der Waals surface area contributed by atoms with Gasteiger partial charge in [-0.05, 0) is 69.0 Å². The Labute approximate surface area is 137 Å². The van der Waals surface area contributed by atoms with Crippen molar-refractivity contribution in [3.63, 3.8) is 0 Å². The van der Waals surface area contributed by atoms with E-state index < -0.39 is 10.0 Å². The third-order valence-electron chi connectivity index (χ3n) is 4.33. The first-order chi connectivity index (χ1) is 11.0. The monoisotopic (exact) mass is 337 g/mol. The predicted molar refractivity (Wildman–Crippen MR) is 87.7 cm³/mol. The van der Waals surface area contributed by atoms with Crippen LogP contribution >= 0.6 is 0 Å². The van der Waals surface area contributed by atoms with Crippen LogP contribution in [0.25, 0.3) is 0 Å². The van der Waals surface area contributed by atoms with Gasteiger partial charge in [0.2, 0.25) is 10.0 Å². The molecule has 23 heavy (non-hydrogen) atoms. The van der Waals surface area contributed by atoms with Crippen LogP contribution in [-0.4, -0.2) is 40.0 Å². The summed E-state index contributed by atoms with van der Waals surface area (Å²) in [5, 5.41) is 6.20. The molecule has 0 radical (unpaired) electrons. The summed E-state index contributed by atoms with van der Waals surface area (Å²) in [6.07, 6.45) is 3.93. The second-order valence-electron chi connectivity index (χ2n) is 6.32. The van der Waals surface area contributed by atoms with Gasteiger partial charge < -0.3 is 10.6 Å². The number of rotatable bonds is 7. The van der Waals surface area contributed by atoms with Crippen LogP contribution in [0.3, 0.4) is 0 Å². The third kappa shape index (κ3) is 4.53. The molecule has 1 atom stereocenters. The highest BCUT2D eigenvalue weighted by atomic mass is 32.2. The highest BCUT2D eigenvalue weighted by molar-refractivity contribution is 7.89. The maximum absolute atomic E-state index is 12.1. The van der Waals surface area contributed by atoms with Crippen molar-refractivity contribution in [1.82, 2.24) is 15.4 Å². The number of hydrogen-bond donors (Lipinski definition) is 3. The molecular formula is C16H23N3O3S.